The maximum Gasteiger partial charge on any atom is 0.309 e. The van der Waals surface area contributed by atoms with Crippen LogP contribution in [0.1, 0.15) is 26.2 Å². The number of carbonyl (C=O) groups excluding carboxylic acids is 3. The number of amides is 2. The summed E-state index contributed by atoms with van der Waals surface area (Å²) in [7, 11) is 1.59. The van der Waals surface area contributed by atoms with Gasteiger partial charge in [-0.2, -0.15) is 0 Å². The Labute approximate surface area is 159 Å². The molecule has 0 saturated carbocycles. The van der Waals surface area contributed by atoms with Crippen LogP contribution < -0.4 is 9.64 Å². The molecule has 0 bridgehead atoms. The highest BCUT2D eigenvalue weighted by Crippen LogP contribution is 2.29. The van der Waals surface area contributed by atoms with E-state index in [-0.39, 0.29) is 36.0 Å². The number of esters is 1. The first-order valence-corrected chi connectivity index (χ1v) is 9.43. The van der Waals surface area contributed by atoms with Crippen molar-refractivity contribution in [1.29, 1.82) is 0 Å². The molecule has 1 aromatic carbocycles. The molecule has 2 saturated heterocycles. The molecule has 2 aliphatic heterocycles. The number of anilines is 1. The molecule has 0 N–H and O–H groups in total. The highest BCUT2D eigenvalue weighted by molar-refractivity contribution is 6.00. The van der Waals surface area contributed by atoms with E-state index in [4.69, 9.17) is 9.47 Å². The third-order valence-corrected chi connectivity index (χ3v) is 5.28. The minimum absolute atomic E-state index is 0.00155. The molecule has 7 nitrogen and oxygen atoms in total. The number of piperidine rings is 1. The number of hydrogen-bond acceptors (Lipinski definition) is 5. The summed E-state index contributed by atoms with van der Waals surface area (Å²) in [4.78, 5) is 40.5. The predicted molar refractivity (Wildman–Crippen MR) is 99.4 cm³/mol. The lowest BCUT2D eigenvalue weighted by Gasteiger charge is -2.32. The summed E-state index contributed by atoms with van der Waals surface area (Å²) in [6.45, 7) is 3.64. The lowest BCUT2D eigenvalue weighted by molar-refractivity contribution is -0.151. The Morgan fingerprint density at radius 1 is 1.11 bits per heavy atom. The molecule has 146 valence electrons. The Morgan fingerprint density at radius 3 is 2.37 bits per heavy atom. The minimum atomic E-state index is -0.334. The van der Waals surface area contributed by atoms with Gasteiger partial charge in [-0.25, -0.2) is 0 Å². The van der Waals surface area contributed by atoms with Crippen LogP contribution in [-0.4, -0.2) is 56.0 Å². The van der Waals surface area contributed by atoms with Crippen LogP contribution in [0.5, 0.6) is 5.75 Å². The van der Waals surface area contributed by atoms with Crippen LogP contribution in [0.15, 0.2) is 24.3 Å². The monoisotopic (exact) mass is 374 g/mol. The minimum Gasteiger partial charge on any atom is -0.497 e. The van der Waals surface area contributed by atoms with Crippen LogP contribution in [0.3, 0.4) is 0 Å². The summed E-state index contributed by atoms with van der Waals surface area (Å²) in [5, 5.41) is 0. The molecule has 0 aromatic heterocycles. The number of likely N-dealkylation sites (tertiary alicyclic amines) is 1. The van der Waals surface area contributed by atoms with Crippen molar-refractivity contribution in [2.75, 3.05) is 38.3 Å². The maximum atomic E-state index is 12.8. The molecule has 27 heavy (non-hydrogen) atoms. The molecule has 0 aliphatic carbocycles. The Morgan fingerprint density at radius 2 is 1.78 bits per heavy atom. The van der Waals surface area contributed by atoms with Crippen molar-refractivity contribution in [1.82, 2.24) is 4.90 Å². The van der Waals surface area contributed by atoms with Crippen LogP contribution in [0.25, 0.3) is 0 Å². The molecule has 3 rings (SSSR count). The number of ether oxygens (including phenoxy) is 2. The number of rotatable bonds is 5. The normalized spacial score (nSPS) is 20.7. The topological polar surface area (TPSA) is 76.2 Å². The zero-order chi connectivity index (χ0) is 19.4. The summed E-state index contributed by atoms with van der Waals surface area (Å²) >= 11 is 0. The van der Waals surface area contributed by atoms with Crippen molar-refractivity contribution < 1.29 is 23.9 Å². The Bertz CT molecular complexity index is 695. The fourth-order valence-corrected chi connectivity index (χ4v) is 3.74. The van der Waals surface area contributed by atoms with E-state index in [1.54, 1.807) is 36.0 Å². The first kappa shape index (κ1) is 19.2. The van der Waals surface area contributed by atoms with Crippen LogP contribution in [0.2, 0.25) is 0 Å². The van der Waals surface area contributed by atoms with Crippen molar-refractivity contribution in [3.63, 3.8) is 0 Å². The van der Waals surface area contributed by atoms with Crippen molar-refractivity contribution >= 4 is 23.5 Å². The van der Waals surface area contributed by atoms with E-state index in [0.29, 0.717) is 39.1 Å². The van der Waals surface area contributed by atoms with Gasteiger partial charge in [0.1, 0.15) is 5.75 Å². The Kier molecular flexibility index (Phi) is 5.98. The molecule has 1 aromatic rings. The molecule has 2 aliphatic rings. The number of benzene rings is 1. The average Bonchev–Trinajstić information content (AvgIpc) is 3.09. The summed E-state index contributed by atoms with van der Waals surface area (Å²) in [6, 6.07) is 7.26. The van der Waals surface area contributed by atoms with Gasteiger partial charge in [-0.05, 0) is 44.0 Å². The van der Waals surface area contributed by atoms with Gasteiger partial charge in [0.05, 0.1) is 25.6 Å². The van der Waals surface area contributed by atoms with E-state index in [2.05, 4.69) is 0 Å². The quantitative estimate of drug-likeness (QED) is 0.735. The van der Waals surface area contributed by atoms with Gasteiger partial charge in [-0.1, -0.05) is 0 Å². The molecule has 2 amide bonds. The second-order valence-electron chi connectivity index (χ2n) is 6.96. The number of hydrogen-bond donors (Lipinski definition) is 0. The van der Waals surface area contributed by atoms with Gasteiger partial charge in [-0.15, -0.1) is 0 Å². The Balaban J connectivity index is 1.57. The molecule has 2 heterocycles. The summed E-state index contributed by atoms with van der Waals surface area (Å²) in [6.07, 6.45) is 1.46. The molecule has 0 unspecified atom stereocenters. The van der Waals surface area contributed by atoms with E-state index < -0.39 is 0 Å². The van der Waals surface area contributed by atoms with Gasteiger partial charge in [0.2, 0.25) is 11.8 Å². The number of nitrogens with zero attached hydrogens (tertiary/aromatic N) is 2. The molecule has 2 fully saturated rings. The maximum absolute atomic E-state index is 12.8. The molecular weight excluding hydrogens is 348 g/mol. The fourth-order valence-electron chi connectivity index (χ4n) is 3.74. The van der Waals surface area contributed by atoms with E-state index in [1.807, 2.05) is 12.1 Å². The van der Waals surface area contributed by atoms with Crippen LogP contribution in [0, 0.1) is 11.8 Å². The van der Waals surface area contributed by atoms with Crippen molar-refractivity contribution in [3.05, 3.63) is 24.3 Å². The highest BCUT2D eigenvalue weighted by atomic mass is 16.5. The second-order valence-corrected chi connectivity index (χ2v) is 6.96. The largest absolute Gasteiger partial charge is 0.497 e. The van der Waals surface area contributed by atoms with E-state index in [1.165, 1.54) is 0 Å². The standard InChI is InChI=1S/C20H26N2O5/c1-3-27-20(25)14-8-10-21(11-9-14)19(24)15-12-18(23)22(13-15)16-4-6-17(26-2)7-5-16/h4-7,14-15H,3,8-13H2,1-2H3/t15-/m0/s1. The lowest BCUT2D eigenvalue weighted by atomic mass is 9.95. The van der Waals surface area contributed by atoms with Gasteiger partial charge in [0.15, 0.2) is 0 Å². The van der Waals surface area contributed by atoms with Gasteiger partial charge in [0.25, 0.3) is 0 Å². The third-order valence-electron chi connectivity index (χ3n) is 5.28. The first-order chi connectivity index (χ1) is 13.0. The second kappa shape index (κ2) is 8.41. The summed E-state index contributed by atoms with van der Waals surface area (Å²) < 4.78 is 10.2. The lowest BCUT2D eigenvalue weighted by Crippen LogP contribution is -2.44. The zero-order valence-electron chi connectivity index (χ0n) is 15.8. The van der Waals surface area contributed by atoms with Gasteiger partial charge in [0, 0.05) is 31.7 Å². The van der Waals surface area contributed by atoms with Crippen molar-refractivity contribution in [2.45, 2.75) is 26.2 Å². The number of methoxy groups -OCH3 is 1. The van der Waals surface area contributed by atoms with Crippen LogP contribution in [0.4, 0.5) is 5.69 Å². The van der Waals surface area contributed by atoms with Crippen molar-refractivity contribution in [2.24, 2.45) is 11.8 Å². The number of carbonyl (C=O) groups is 3. The van der Waals surface area contributed by atoms with Crippen LogP contribution in [-0.2, 0) is 19.1 Å². The molecule has 7 heteroatoms. The first-order valence-electron chi connectivity index (χ1n) is 9.43. The van der Waals surface area contributed by atoms with Gasteiger partial charge >= 0.3 is 5.97 Å². The molecule has 0 radical (unpaired) electrons. The van der Waals surface area contributed by atoms with Gasteiger partial charge < -0.3 is 19.3 Å². The third kappa shape index (κ3) is 4.23. The van der Waals surface area contributed by atoms with Crippen LogP contribution >= 0.6 is 0 Å². The molecule has 1 atom stereocenters. The summed E-state index contributed by atoms with van der Waals surface area (Å²) in [5.41, 5.74) is 0.775. The Hall–Kier alpha value is -2.57. The highest BCUT2D eigenvalue weighted by Gasteiger charge is 2.38. The van der Waals surface area contributed by atoms with Gasteiger partial charge in [-0.3, -0.25) is 14.4 Å². The van der Waals surface area contributed by atoms with E-state index in [0.717, 1.165) is 11.4 Å². The molecule has 0 spiro atoms. The zero-order valence-corrected chi connectivity index (χ0v) is 15.8. The predicted octanol–water partition coefficient (Wildman–Crippen LogP) is 1.85. The van der Waals surface area contributed by atoms with E-state index >= 15 is 0 Å². The van der Waals surface area contributed by atoms with Crippen molar-refractivity contribution in [3.8, 4) is 5.75 Å². The average molecular weight is 374 g/mol. The van der Waals surface area contributed by atoms with E-state index in [9.17, 15) is 14.4 Å². The fraction of sp³-hybridized carbons (Fsp3) is 0.550. The molecular formula is C20H26N2O5. The smallest absolute Gasteiger partial charge is 0.309 e. The summed E-state index contributed by atoms with van der Waals surface area (Å²) in [5.74, 6) is 0.0455. The SMILES string of the molecule is CCOC(=O)C1CCN(C(=O)[C@H]2CC(=O)N(c3ccc(OC)cc3)C2)CC1.